The highest BCUT2D eigenvalue weighted by Gasteiger charge is 2.55. The number of nitrogens with zero attached hydrogens (tertiary/aromatic N) is 1. The molecule has 0 aromatic carbocycles. The van der Waals surface area contributed by atoms with Crippen LogP contribution in [-0.2, 0) is 4.74 Å². The van der Waals surface area contributed by atoms with Crippen LogP contribution in [0.1, 0.15) is 20.1 Å². The van der Waals surface area contributed by atoms with E-state index in [0.29, 0.717) is 0 Å². The van der Waals surface area contributed by atoms with Crippen LogP contribution in [0.2, 0.25) is 0 Å². The zero-order chi connectivity index (χ0) is 15.8. The average Bonchev–Trinajstić information content (AvgIpc) is 2.64. The minimum Gasteiger partial charge on any atom is -0.391 e. The Hall–Kier alpha value is -1.92. The zero-order valence-electron chi connectivity index (χ0n) is 11.6. The van der Waals surface area contributed by atoms with Crippen molar-refractivity contribution in [2.75, 3.05) is 0 Å². The third-order valence-corrected chi connectivity index (χ3v) is 3.42. The summed E-state index contributed by atoms with van der Waals surface area (Å²) >= 11 is 0. The number of aliphatic hydroxyl groups is 2. The lowest BCUT2D eigenvalue weighted by molar-refractivity contribution is -0.0778. The van der Waals surface area contributed by atoms with Gasteiger partial charge in [-0.2, -0.15) is 0 Å². The lowest BCUT2D eigenvalue weighted by Gasteiger charge is -2.27. The lowest BCUT2D eigenvalue weighted by atomic mass is 9.90. The molecule has 8 heteroatoms. The molecule has 0 radical (unpaired) electrons. The van der Waals surface area contributed by atoms with E-state index in [2.05, 4.69) is 16.8 Å². The van der Waals surface area contributed by atoms with Gasteiger partial charge in [-0.1, -0.05) is 5.92 Å². The molecule has 1 aromatic rings. The van der Waals surface area contributed by atoms with E-state index in [4.69, 9.17) is 10.5 Å². The Labute approximate surface area is 120 Å². The maximum absolute atomic E-state index is 11.9. The summed E-state index contributed by atoms with van der Waals surface area (Å²) in [5, 5.41) is 20.0. The summed E-state index contributed by atoms with van der Waals surface area (Å²) in [6.45, 7) is 2.97. The highest BCUT2D eigenvalue weighted by atomic mass is 16.5. The van der Waals surface area contributed by atoms with Crippen molar-refractivity contribution in [2.24, 2.45) is 5.73 Å². The molecule has 1 aliphatic heterocycles. The molecular formula is C13H17N3O5. The van der Waals surface area contributed by atoms with Gasteiger partial charge in [-0.25, -0.2) is 4.79 Å². The van der Waals surface area contributed by atoms with Gasteiger partial charge in [-0.05, 0) is 13.8 Å². The molecule has 2 heterocycles. The van der Waals surface area contributed by atoms with E-state index in [0.717, 1.165) is 10.6 Å². The van der Waals surface area contributed by atoms with Crippen molar-refractivity contribution in [3.05, 3.63) is 33.1 Å². The second-order valence-electron chi connectivity index (χ2n) is 4.96. The Bertz CT molecular complexity index is 698. The van der Waals surface area contributed by atoms with Gasteiger partial charge in [-0.3, -0.25) is 14.3 Å². The quantitative estimate of drug-likeness (QED) is 0.462. The standard InChI is InChI=1S/C13H17N3O5/c1-3-5-13(14)10(19)9(7(2)17)21-11(13)16-6-4-8(18)15-12(16)20/h4,6-7,9-11,17,19H,14H2,1-2H3,(H,15,18,20)/t7-,9+,10-,11+,13?/m0/s1. The van der Waals surface area contributed by atoms with Gasteiger partial charge < -0.3 is 20.7 Å². The van der Waals surface area contributed by atoms with E-state index in [-0.39, 0.29) is 0 Å². The Morgan fingerprint density at radius 2 is 2.24 bits per heavy atom. The fourth-order valence-corrected chi connectivity index (χ4v) is 2.39. The summed E-state index contributed by atoms with van der Waals surface area (Å²) in [6, 6.07) is 1.13. The predicted octanol–water partition coefficient (Wildman–Crippen LogP) is -2.10. The largest absolute Gasteiger partial charge is 0.391 e. The van der Waals surface area contributed by atoms with Crippen molar-refractivity contribution in [1.82, 2.24) is 9.55 Å². The van der Waals surface area contributed by atoms with Gasteiger partial charge in [0, 0.05) is 12.3 Å². The van der Waals surface area contributed by atoms with Crippen molar-refractivity contribution in [3.8, 4) is 11.8 Å². The number of ether oxygens (including phenoxy) is 1. The molecular weight excluding hydrogens is 278 g/mol. The molecule has 8 nitrogen and oxygen atoms in total. The van der Waals surface area contributed by atoms with Crippen molar-refractivity contribution in [2.45, 2.75) is 43.9 Å². The number of nitrogens with one attached hydrogen (secondary N) is 1. The molecule has 1 fully saturated rings. The summed E-state index contributed by atoms with van der Waals surface area (Å²) in [5.41, 5.74) is 3.23. The van der Waals surface area contributed by atoms with Crippen LogP contribution in [0.4, 0.5) is 0 Å². The molecule has 1 aliphatic rings. The third-order valence-electron chi connectivity index (χ3n) is 3.42. The molecule has 0 bridgehead atoms. The predicted molar refractivity (Wildman–Crippen MR) is 73.3 cm³/mol. The number of aromatic nitrogens is 2. The van der Waals surface area contributed by atoms with Gasteiger partial charge in [-0.15, -0.1) is 5.92 Å². The minimum atomic E-state index is -1.58. The van der Waals surface area contributed by atoms with E-state index in [1.54, 1.807) is 0 Å². The Kier molecular flexibility index (Phi) is 4.02. The molecule has 1 aromatic heterocycles. The van der Waals surface area contributed by atoms with Crippen molar-refractivity contribution < 1.29 is 14.9 Å². The number of hydrogen-bond donors (Lipinski definition) is 4. The van der Waals surface area contributed by atoms with Crippen molar-refractivity contribution in [1.29, 1.82) is 0 Å². The molecule has 0 aliphatic carbocycles. The first kappa shape index (κ1) is 15.5. The average molecular weight is 295 g/mol. The molecule has 1 unspecified atom stereocenters. The third kappa shape index (κ3) is 2.52. The van der Waals surface area contributed by atoms with Gasteiger partial charge in [0.05, 0.1) is 6.10 Å². The Morgan fingerprint density at radius 1 is 1.57 bits per heavy atom. The second kappa shape index (κ2) is 5.46. The SMILES string of the molecule is CC#CC1(N)[C@@H](O)[C@@H]([C@H](C)O)O[C@H]1n1ccc(=O)[nH]c1=O. The normalized spacial score (nSPS) is 33.3. The van der Waals surface area contributed by atoms with Crippen LogP contribution >= 0.6 is 0 Å². The van der Waals surface area contributed by atoms with Crippen LogP contribution < -0.4 is 17.0 Å². The van der Waals surface area contributed by atoms with Gasteiger partial charge in [0.25, 0.3) is 5.56 Å². The van der Waals surface area contributed by atoms with E-state index < -0.39 is 41.3 Å². The maximum Gasteiger partial charge on any atom is 0.330 e. The molecule has 1 saturated heterocycles. The summed E-state index contributed by atoms with van der Waals surface area (Å²) in [7, 11) is 0. The second-order valence-corrected chi connectivity index (χ2v) is 4.96. The molecule has 5 N–H and O–H groups in total. The maximum atomic E-state index is 11.9. The van der Waals surface area contributed by atoms with E-state index in [1.807, 2.05) is 0 Å². The fraction of sp³-hybridized carbons (Fsp3) is 0.538. The molecule has 2 rings (SSSR count). The monoisotopic (exact) mass is 295 g/mol. The molecule has 0 amide bonds. The van der Waals surface area contributed by atoms with Gasteiger partial charge >= 0.3 is 5.69 Å². The first-order valence-electron chi connectivity index (χ1n) is 6.37. The number of aromatic amines is 1. The topological polar surface area (TPSA) is 131 Å². The molecule has 0 saturated carbocycles. The summed E-state index contributed by atoms with van der Waals surface area (Å²) < 4.78 is 6.56. The molecule has 5 atom stereocenters. The summed E-state index contributed by atoms with van der Waals surface area (Å²) in [4.78, 5) is 25.1. The van der Waals surface area contributed by atoms with Crippen LogP contribution in [0.5, 0.6) is 0 Å². The van der Waals surface area contributed by atoms with Gasteiger partial charge in [0.15, 0.2) is 11.8 Å². The lowest BCUT2D eigenvalue weighted by Crippen LogP contribution is -2.55. The first-order valence-corrected chi connectivity index (χ1v) is 6.37. The van der Waals surface area contributed by atoms with Crippen molar-refractivity contribution in [3.63, 3.8) is 0 Å². The van der Waals surface area contributed by atoms with Crippen LogP contribution in [0.3, 0.4) is 0 Å². The summed E-state index contributed by atoms with van der Waals surface area (Å²) in [5.74, 6) is 5.22. The number of nitrogens with two attached hydrogens (primary N) is 1. The summed E-state index contributed by atoms with van der Waals surface area (Å²) in [6.07, 6.45) is -3.23. The Morgan fingerprint density at radius 3 is 2.76 bits per heavy atom. The zero-order valence-corrected chi connectivity index (χ0v) is 11.6. The number of aliphatic hydroxyl groups excluding tert-OH is 2. The van der Waals surface area contributed by atoms with Crippen LogP contribution in [0, 0.1) is 11.8 Å². The van der Waals surface area contributed by atoms with Crippen molar-refractivity contribution >= 4 is 0 Å². The van der Waals surface area contributed by atoms with E-state index in [1.165, 1.54) is 20.0 Å². The number of hydrogen-bond acceptors (Lipinski definition) is 6. The smallest absolute Gasteiger partial charge is 0.330 e. The van der Waals surface area contributed by atoms with E-state index in [9.17, 15) is 19.8 Å². The first-order chi connectivity index (χ1) is 9.81. The fourth-order valence-electron chi connectivity index (χ4n) is 2.39. The molecule has 0 spiro atoms. The molecule has 114 valence electrons. The highest BCUT2D eigenvalue weighted by molar-refractivity contribution is 5.25. The van der Waals surface area contributed by atoms with Crippen LogP contribution in [0.25, 0.3) is 0 Å². The molecule has 21 heavy (non-hydrogen) atoms. The highest BCUT2D eigenvalue weighted by Crippen LogP contribution is 2.36. The number of rotatable bonds is 2. The number of H-pyrrole nitrogens is 1. The van der Waals surface area contributed by atoms with Gasteiger partial charge in [0.2, 0.25) is 0 Å². The minimum absolute atomic E-state index is 0.564. The Balaban J connectivity index is 2.56. The van der Waals surface area contributed by atoms with Crippen LogP contribution in [0.15, 0.2) is 21.9 Å². The van der Waals surface area contributed by atoms with Gasteiger partial charge in [0.1, 0.15) is 12.2 Å². The van der Waals surface area contributed by atoms with E-state index >= 15 is 0 Å². The van der Waals surface area contributed by atoms with Crippen LogP contribution in [-0.4, -0.2) is 43.6 Å².